The zero-order chi connectivity index (χ0) is 15.6. The van der Waals surface area contributed by atoms with E-state index in [1.54, 1.807) is 13.2 Å². The highest BCUT2D eigenvalue weighted by Gasteiger charge is 2.35. The summed E-state index contributed by atoms with van der Waals surface area (Å²) in [6.07, 6.45) is 4.80. The van der Waals surface area contributed by atoms with E-state index in [1.807, 2.05) is 6.07 Å². The van der Waals surface area contributed by atoms with E-state index < -0.39 is 10.0 Å². The molecule has 1 fully saturated rings. The summed E-state index contributed by atoms with van der Waals surface area (Å²) in [6.45, 7) is 7.91. The molecule has 0 aliphatic heterocycles. The summed E-state index contributed by atoms with van der Waals surface area (Å²) >= 11 is 0. The number of hydrogen-bond acceptors (Lipinski definition) is 3. The van der Waals surface area contributed by atoms with E-state index in [0.29, 0.717) is 11.4 Å². The Balaban J connectivity index is 2.25. The van der Waals surface area contributed by atoms with E-state index >= 15 is 0 Å². The average molecular weight is 313 g/mol. The average Bonchev–Trinajstić information content (AvgIpc) is 3.17. The molecule has 1 N–H and O–H groups in total. The highest BCUT2D eigenvalue weighted by molar-refractivity contribution is 7.89. The summed E-state index contributed by atoms with van der Waals surface area (Å²) < 4.78 is 28.8. The molecule has 1 aliphatic rings. The van der Waals surface area contributed by atoms with Crippen molar-refractivity contribution in [2.45, 2.75) is 63.6 Å². The lowest BCUT2D eigenvalue weighted by Gasteiger charge is -2.15. The van der Waals surface area contributed by atoms with Gasteiger partial charge in [0.1, 0.15) is 4.90 Å². The third-order valence-corrected chi connectivity index (χ3v) is 5.81. The first kappa shape index (κ1) is 16.5. The Labute approximate surface area is 128 Å². The van der Waals surface area contributed by atoms with Crippen LogP contribution in [0.3, 0.4) is 0 Å². The van der Waals surface area contributed by atoms with Crippen LogP contribution in [0.4, 0.5) is 0 Å². The van der Waals surface area contributed by atoms with Crippen molar-refractivity contribution < 1.29 is 8.42 Å². The van der Waals surface area contributed by atoms with Gasteiger partial charge < -0.3 is 9.88 Å². The van der Waals surface area contributed by atoms with Crippen LogP contribution < -0.4 is 5.32 Å². The van der Waals surface area contributed by atoms with E-state index in [-0.39, 0.29) is 12.1 Å². The first-order valence-electron chi connectivity index (χ1n) is 7.77. The summed E-state index contributed by atoms with van der Waals surface area (Å²) in [6, 6.07) is 2.26. The number of rotatable bonds is 8. The molecular weight excluding hydrogens is 286 g/mol. The van der Waals surface area contributed by atoms with Gasteiger partial charge in [-0.15, -0.1) is 0 Å². The number of sulfonamides is 1. The number of hydrogen-bond donors (Lipinski definition) is 1. The predicted octanol–water partition coefficient (Wildman–Crippen LogP) is 2.35. The Morgan fingerprint density at radius 1 is 1.43 bits per heavy atom. The number of nitrogens with one attached hydrogen (secondary N) is 1. The fourth-order valence-electron chi connectivity index (χ4n) is 2.45. The quantitative estimate of drug-likeness (QED) is 0.750. The smallest absolute Gasteiger partial charge is 0.244 e. The van der Waals surface area contributed by atoms with E-state index in [0.717, 1.165) is 31.5 Å². The van der Waals surface area contributed by atoms with Crippen LogP contribution in [0.2, 0.25) is 0 Å². The molecule has 1 heterocycles. The van der Waals surface area contributed by atoms with Gasteiger partial charge in [-0.2, -0.15) is 4.31 Å². The summed E-state index contributed by atoms with van der Waals surface area (Å²) in [5, 5.41) is 3.35. The molecule has 1 aliphatic carbocycles. The minimum atomic E-state index is -3.36. The standard InChI is InChI=1S/C15H27N3O2S/c1-5-8-16-10-14-9-15(11-18(14)12(2)3)21(19,20)17(4)13-6-7-13/h9,11-13,16H,5-8,10H2,1-4H3. The normalized spacial score (nSPS) is 16.1. The monoisotopic (exact) mass is 313 g/mol. The summed E-state index contributed by atoms with van der Waals surface area (Å²) in [4.78, 5) is 0.416. The van der Waals surface area contributed by atoms with Crippen LogP contribution in [0.1, 0.15) is 51.8 Å². The molecule has 0 unspecified atom stereocenters. The lowest BCUT2D eigenvalue weighted by molar-refractivity contribution is 0.464. The maximum absolute atomic E-state index is 12.6. The highest BCUT2D eigenvalue weighted by Crippen LogP contribution is 2.31. The molecular formula is C15H27N3O2S. The molecule has 6 heteroatoms. The lowest BCUT2D eigenvalue weighted by Crippen LogP contribution is -2.28. The first-order chi connectivity index (χ1) is 9.87. The molecule has 2 rings (SSSR count). The van der Waals surface area contributed by atoms with Crippen molar-refractivity contribution in [3.05, 3.63) is 18.0 Å². The molecule has 0 bridgehead atoms. The third-order valence-electron chi connectivity index (χ3n) is 3.93. The van der Waals surface area contributed by atoms with Crippen molar-refractivity contribution >= 4 is 10.0 Å². The Morgan fingerprint density at radius 2 is 2.10 bits per heavy atom. The van der Waals surface area contributed by atoms with Crippen molar-refractivity contribution in [2.75, 3.05) is 13.6 Å². The van der Waals surface area contributed by atoms with Gasteiger partial charge in [0.05, 0.1) is 0 Å². The lowest BCUT2D eigenvalue weighted by atomic mass is 10.3. The van der Waals surface area contributed by atoms with E-state index in [9.17, 15) is 8.42 Å². The molecule has 5 nitrogen and oxygen atoms in total. The predicted molar refractivity (Wildman–Crippen MR) is 84.8 cm³/mol. The van der Waals surface area contributed by atoms with Crippen LogP contribution in [0.5, 0.6) is 0 Å². The molecule has 1 aromatic heterocycles. The van der Waals surface area contributed by atoms with Crippen LogP contribution in [0, 0.1) is 0 Å². The van der Waals surface area contributed by atoms with Crippen LogP contribution in [-0.2, 0) is 16.6 Å². The largest absolute Gasteiger partial charge is 0.346 e. The Hall–Kier alpha value is -0.850. The third kappa shape index (κ3) is 3.67. The molecule has 0 radical (unpaired) electrons. The second-order valence-electron chi connectivity index (χ2n) is 6.10. The van der Waals surface area contributed by atoms with Gasteiger partial charge in [0.2, 0.25) is 10.0 Å². The van der Waals surface area contributed by atoms with Crippen LogP contribution in [0.15, 0.2) is 17.2 Å². The Kier molecular flexibility index (Phi) is 5.11. The van der Waals surface area contributed by atoms with Gasteiger partial charge in [-0.25, -0.2) is 8.42 Å². The second-order valence-corrected chi connectivity index (χ2v) is 8.09. The van der Waals surface area contributed by atoms with Crippen molar-refractivity contribution in [1.29, 1.82) is 0 Å². The fraction of sp³-hybridized carbons (Fsp3) is 0.733. The second kappa shape index (κ2) is 6.50. The zero-order valence-electron chi connectivity index (χ0n) is 13.5. The maximum atomic E-state index is 12.6. The highest BCUT2D eigenvalue weighted by atomic mass is 32.2. The van der Waals surface area contributed by atoms with E-state index in [1.165, 1.54) is 4.31 Å². The van der Waals surface area contributed by atoms with Crippen molar-refractivity contribution in [3.63, 3.8) is 0 Å². The van der Waals surface area contributed by atoms with Gasteiger partial charge in [-0.3, -0.25) is 0 Å². The maximum Gasteiger partial charge on any atom is 0.244 e. The molecule has 0 amide bonds. The SMILES string of the molecule is CCCNCc1cc(S(=O)(=O)N(C)C2CC2)cn1C(C)C. The van der Waals surface area contributed by atoms with Crippen molar-refractivity contribution in [1.82, 2.24) is 14.2 Å². The summed E-state index contributed by atoms with van der Waals surface area (Å²) in [5.74, 6) is 0. The van der Waals surface area contributed by atoms with Gasteiger partial charge in [0.15, 0.2) is 0 Å². The molecule has 120 valence electrons. The van der Waals surface area contributed by atoms with Crippen molar-refractivity contribution in [2.24, 2.45) is 0 Å². The Bertz CT molecular complexity index is 574. The molecule has 0 atom stereocenters. The Morgan fingerprint density at radius 3 is 2.62 bits per heavy atom. The molecule has 1 saturated carbocycles. The number of aromatic nitrogens is 1. The van der Waals surface area contributed by atoms with Gasteiger partial charge in [0, 0.05) is 37.6 Å². The van der Waals surface area contributed by atoms with Gasteiger partial charge >= 0.3 is 0 Å². The van der Waals surface area contributed by atoms with E-state index in [4.69, 9.17) is 0 Å². The fourth-order valence-corrected chi connectivity index (χ4v) is 3.92. The zero-order valence-corrected chi connectivity index (χ0v) is 14.3. The first-order valence-corrected chi connectivity index (χ1v) is 9.21. The topological polar surface area (TPSA) is 54.3 Å². The summed E-state index contributed by atoms with van der Waals surface area (Å²) in [5.41, 5.74) is 1.03. The minimum absolute atomic E-state index is 0.194. The summed E-state index contributed by atoms with van der Waals surface area (Å²) in [7, 11) is -1.67. The minimum Gasteiger partial charge on any atom is -0.346 e. The van der Waals surface area contributed by atoms with Crippen LogP contribution >= 0.6 is 0 Å². The molecule has 0 spiro atoms. The molecule has 1 aromatic rings. The van der Waals surface area contributed by atoms with Gasteiger partial charge in [-0.05, 0) is 45.7 Å². The van der Waals surface area contributed by atoms with Crippen LogP contribution in [-0.4, -0.2) is 36.9 Å². The number of nitrogens with zero attached hydrogens (tertiary/aromatic N) is 2. The molecule has 0 aromatic carbocycles. The molecule has 21 heavy (non-hydrogen) atoms. The van der Waals surface area contributed by atoms with Crippen LogP contribution in [0.25, 0.3) is 0 Å². The van der Waals surface area contributed by atoms with Gasteiger partial charge in [0.25, 0.3) is 0 Å². The van der Waals surface area contributed by atoms with E-state index in [2.05, 4.69) is 30.7 Å². The van der Waals surface area contributed by atoms with Gasteiger partial charge in [-0.1, -0.05) is 6.92 Å². The van der Waals surface area contributed by atoms with Crippen molar-refractivity contribution in [3.8, 4) is 0 Å². The molecule has 0 saturated heterocycles.